The van der Waals surface area contributed by atoms with Crippen molar-refractivity contribution in [2.24, 2.45) is 5.73 Å². The van der Waals surface area contributed by atoms with Gasteiger partial charge in [-0.2, -0.15) is 0 Å². The summed E-state index contributed by atoms with van der Waals surface area (Å²) in [5.74, 6) is 0. The molecule has 0 saturated heterocycles. The number of likely N-dealkylation sites (N-methyl/N-ethyl adjacent to an activating group) is 1. The summed E-state index contributed by atoms with van der Waals surface area (Å²) < 4.78 is 0. The van der Waals surface area contributed by atoms with E-state index in [0.29, 0.717) is 6.04 Å². The van der Waals surface area contributed by atoms with Gasteiger partial charge in [-0.25, -0.2) is 0 Å². The van der Waals surface area contributed by atoms with Crippen LogP contribution >= 0.6 is 0 Å². The van der Waals surface area contributed by atoms with Crippen LogP contribution < -0.4 is 5.73 Å². The molecular formula is C16H22N2. The molecular weight excluding hydrogens is 220 g/mol. The first-order chi connectivity index (χ1) is 8.74. The molecule has 0 saturated carbocycles. The van der Waals surface area contributed by atoms with Crippen molar-refractivity contribution < 1.29 is 0 Å². The summed E-state index contributed by atoms with van der Waals surface area (Å²) in [5.41, 5.74) is 9.83. The molecule has 1 aliphatic rings. The van der Waals surface area contributed by atoms with Crippen molar-refractivity contribution in [3.63, 3.8) is 0 Å². The highest BCUT2D eigenvalue weighted by atomic mass is 15.2. The zero-order chi connectivity index (χ0) is 13.0. The van der Waals surface area contributed by atoms with Gasteiger partial charge in [0.1, 0.15) is 0 Å². The van der Waals surface area contributed by atoms with Crippen molar-refractivity contribution in [3.05, 3.63) is 53.7 Å². The Morgan fingerprint density at radius 3 is 2.72 bits per heavy atom. The van der Waals surface area contributed by atoms with E-state index < -0.39 is 0 Å². The van der Waals surface area contributed by atoms with E-state index in [1.54, 1.807) is 0 Å². The van der Waals surface area contributed by atoms with Gasteiger partial charge in [0.05, 0.1) is 0 Å². The van der Waals surface area contributed by atoms with E-state index in [2.05, 4.69) is 55.3 Å². The summed E-state index contributed by atoms with van der Waals surface area (Å²) in [5, 5.41) is 0. The number of benzene rings is 1. The Kier molecular flexibility index (Phi) is 4.21. The molecule has 1 aromatic rings. The van der Waals surface area contributed by atoms with Gasteiger partial charge in [-0.15, -0.1) is 0 Å². The minimum Gasteiger partial charge on any atom is -0.401 e. The standard InChI is InChI=1S/C16H22N2/c1-3-4-6-11-15-16(14(17)12-18(15)2)13-9-7-5-8-10-13/h3-5,7-10,15H,6,11-12,17H2,1-2H3/b4-3-. The molecule has 2 nitrogen and oxygen atoms in total. The third kappa shape index (κ3) is 2.65. The first-order valence-electron chi connectivity index (χ1n) is 6.59. The van der Waals surface area contributed by atoms with E-state index in [1.165, 1.54) is 11.1 Å². The maximum absolute atomic E-state index is 6.22. The molecule has 0 aromatic heterocycles. The average Bonchev–Trinajstić information content (AvgIpc) is 2.66. The number of hydrogen-bond donors (Lipinski definition) is 1. The van der Waals surface area contributed by atoms with Crippen LogP contribution in [0.1, 0.15) is 25.3 Å². The Labute approximate surface area is 110 Å². The lowest BCUT2D eigenvalue weighted by molar-refractivity contribution is 0.323. The van der Waals surface area contributed by atoms with Gasteiger partial charge in [0.25, 0.3) is 0 Å². The Morgan fingerprint density at radius 2 is 2.06 bits per heavy atom. The van der Waals surface area contributed by atoms with Gasteiger partial charge < -0.3 is 5.73 Å². The SMILES string of the molecule is C/C=C\CCC1C(c2ccccc2)=C(N)CN1C. The molecule has 1 heterocycles. The molecule has 0 bridgehead atoms. The molecule has 2 heteroatoms. The van der Waals surface area contributed by atoms with Gasteiger partial charge in [-0.3, -0.25) is 4.90 Å². The second kappa shape index (κ2) is 5.87. The predicted molar refractivity (Wildman–Crippen MR) is 78.0 cm³/mol. The molecule has 1 aliphatic heterocycles. The van der Waals surface area contributed by atoms with Gasteiger partial charge >= 0.3 is 0 Å². The van der Waals surface area contributed by atoms with E-state index in [0.717, 1.165) is 25.1 Å². The monoisotopic (exact) mass is 242 g/mol. The molecule has 2 rings (SSSR count). The quantitative estimate of drug-likeness (QED) is 0.822. The van der Waals surface area contributed by atoms with Crippen LogP contribution in [0.4, 0.5) is 0 Å². The third-order valence-electron chi connectivity index (χ3n) is 3.56. The highest BCUT2D eigenvalue weighted by Gasteiger charge is 2.28. The fourth-order valence-corrected chi connectivity index (χ4v) is 2.68. The molecule has 1 aromatic carbocycles. The second-order valence-corrected chi connectivity index (χ2v) is 4.88. The lowest BCUT2D eigenvalue weighted by Crippen LogP contribution is -2.27. The maximum Gasteiger partial charge on any atom is 0.0386 e. The largest absolute Gasteiger partial charge is 0.401 e. The van der Waals surface area contributed by atoms with E-state index in [9.17, 15) is 0 Å². The molecule has 0 amide bonds. The lowest BCUT2D eigenvalue weighted by atomic mass is 9.95. The van der Waals surface area contributed by atoms with Crippen LogP contribution in [-0.4, -0.2) is 24.5 Å². The zero-order valence-electron chi connectivity index (χ0n) is 11.3. The number of hydrogen-bond acceptors (Lipinski definition) is 2. The van der Waals surface area contributed by atoms with E-state index >= 15 is 0 Å². The van der Waals surface area contributed by atoms with Crippen molar-refractivity contribution in [1.29, 1.82) is 0 Å². The normalized spacial score (nSPS) is 21.1. The molecule has 1 unspecified atom stereocenters. The smallest absolute Gasteiger partial charge is 0.0386 e. The van der Waals surface area contributed by atoms with Gasteiger partial charge in [-0.1, -0.05) is 42.5 Å². The maximum atomic E-state index is 6.22. The summed E-state index contributed by atoms with van der Waals surface area (Å²) in [6.07, 6.45) is 6.58. The van der Waals surface area contributed by atoms with Crippen LogP contribution in [0.3, 0.4) is 0 Å². The Hall–Kier alpha value is -1.54. The van der Waals surface area contributed by atoms with Gasteiger partial charge in [0.2, 0.25) is 0 Å². The molecule has 96 valence electrons. The molecule has 1 atom stereocenters. The number of nitrogens with two attached hydrogens (primary N) is 1. The minimum absolute atomic E-state index is 0.448. The van der Waals surface area contributed by atoms with Crippen LogP contribution in [0.5, 0.6) is 0 Å². The van der Waals surface area contributed by atoms with Crippen molar-refractivity contribution in [2.45, 2.75) is 25.8 Å². The summed E-state index contributed by atoms with van der Waals surface area (Å²) in [4.78, 5) is 2.35. The Bertz CT molecular complexity index is 445. The zero-order valence-corrected chi connectivity index (χ0v) is 11.3. The third-order valence-corrected chi connectivity index (χ3v) is 3.56. The summed E-state index contributed by atoms with van der Waals surface area (Å²) >= 11 is 0. The van der Waals surface area contributed by atoms with Crippen molar-refractivity contribution in [3.8, 4) is 0 Å². The summed E-state index contributed by atoms with van der Waals surface area (Å²) in [6.45, 7) is 2.95. The van der Waals surface area contributed by atoms with E-state index in [1.807, 2.05) is 6.07 Å². The van der Waals surface area contributed by atoms with Crippen LogP contribution in [0.2, 0.25) is 0 Å². The van der Waals surface area contributed by atoms with Gasteiger partial charge in [0.15, 0.2) is 0 Å². The van der Waals surface area contributed by atoms with Gasteiger partial charge in [0, 0.05) is 18.3 Å². The molecule has 0 aliphatic carbocycles. The second-order valence-electron chi connectivity index (χ2n) is 4.88. The lowest BCUT2D eigenvalue weighted by Gasteiger charge is -2.22. The molecule has 0 fully saturated rings. The molecule has 0 radical (unpaired) electrons. The first-order valence-corrected chi connectivity index (χ1v) is 6.59. The minimum atomic E-state index is 0.448. The van der Waals surface area contributed by atoms with Crippen LogP contribution in [0, 0.1) is 0 Å². The first kappa shape index (κ1) is 12.9. The summed E-state index contributed by atoms with van der Waals surface area (Å²) in [7, 11) is 2.16. The van der Waals surface area contributed by atoms with Crippen LogP contribution in [0.15, 0.2) is 48.2 Å². The Morgan fingerprint density at radius 1 is 1.33 bits per heavy atom. The summed E-state index contributed by atoms with van der Waals surface area (Å²) in [6, 6.07) is 11.0. The van der Waals surface area contributed by atoms with Crippen molar-refractivity contribution >= 4 is 5.57 Å². The van der Waals surface area contributed by atoms with Crippen molar-refractivity contribution in [1.82, 2.24) is 4.90 Å². The fraction of sp³-hybridized carbons (Fsp3) is 0.375. The van der Waals surface area contributed by atoms with Crippen LogP contribution in [-0.2, 0) is 0 Å². The molecule has 18 heavy (non-hydrogen) atoms. The highest BCUT2D eigenvalue weighted by Crippen LogP contribution is 2.32. The predicted octanol–water partition coefficient (Wildman–Crippen LogP) is 3.03. The molecule has 2 N–H and O–H groups in total. The van der Waals surface area contributed by atoms with Crippen LogP contribution in [0.25, 0.3) is 5.57 Å². The van der Waals surface area contributed by atoms with Gasteiger partial charge in [-0.05, 0) is 37.9 Å². The van der Waals surface area contributed by atoms with E-state index in [4.69, 9.17) is 5.73 Å². The number of nitrogens with zero attached hydrogens (tertiary/aromatic N) is 1. The average molecular weight is 242 g/mol. The molecule has 0 spiro atoms. The Balaban J connectivity index is 2.22. The van der Waals surface area contributed by atoms with E-state index in [-0.39, 0.29) is 0 Å². The topological polar surface area (TPSA) is 29.3 Å². The number of rotatable bonds is 4. The highest BCUT2D eigenvalue weighted by molar-refractivity contribution is 5.74. The fourth-order valence-electron chi connectivity index (χ4n) is 2.68. The number of allylic oxidation sites excluding steroid dienone is 2. The van der Waals surface area contributed by atoms with Crippen molar-refractivity contribution in [2.75, 3.05) is 13.6 Å².